The van der Waals surface area contributed by atoms with Crippen LogP contribution in [-0.4, -0.2) is 18.0 Å². The van der Waals surface area contributed by atoms with E-state index in [1.165, 1.54) is 11.5 Å². The van der Waals surface area contributed by atoms with Gasteiger partial charge in [0.05, 0.1) is 7.11 Å². The van der Waals surface area contributed by atoms with E-state index < -0.39 is 0 Å². The molecular weight excluding hydrogens is 184 g/mol. The Hall–Kier alpha value is -1.05. The van der Waals surface area contributed by atoms with Crippen molar-refractivity contribution in [1.82, 2.24) is 4.37 Å². The molecule has 3 nitrogen and oxygen atoms in total. The number of hydrogen-bond acceptors (Lipinski definition) is 4. The van der Waals surface area contributed by atoms with Crippen LogP contribution in [0.1, 0.15) is 17.7 Å². The van der Waals surface area contributed by atoms with Gasteiger partial charge in [-0.15, -0.1) is 0 Å². The number of nitrogens with zero attached hydrogens (tertiary/aromatic N) is 1. The normalized spacial score (nSPS) is 9.08. The quantitative estimate of drug-likeness (QED) is 0.584. The van der Waals surface area contributed by atoms with Gasteiger partial charge in [-0.2, -0.15) is 4.37 Å². The van der Waals surface area contributed by atoms with Gasteiger partial charge in [-0.05, 0) is 24.5 Å². The summed E-state index contributed by atoms with van der Waals surface area (Å²) in [5.74, 6) is 6.66. The van der Waals surface area contributed by atoms with Crippen molar-refractivity contribution in [3.8, 4) is 17.7 Å². The highest BCUT2D eigenvalue weighted by molar-refractivity contribution is 7.06. The third-order valence-electron chi connectivity index (χ3n) is 1.42. The molecule has 70 valence electrons. The van der Waals surface area contributed by atoms with Crippen molar-refractivity contribution < 1.29 is 4.74 Å². The van der Waals surface area contributed by atoms with Crippen LogP contribution in [0.2, 0.25) is 0 Å². The molecule has 1 aromatic heterocycles. The van der Waals surface area contributed by atoms with E-state index in [-0.39, 0.29) is 0 Å². The molecule has 1 heterocycles. The maximum absolute atomic E-state index is 5.34. The highest BCUT2D eigenvalue weighted by atomic mass is 32.1. The van der Waals surface area contributed by atoms with Crippen LogP contribution in [-0.2, 0) is 0 Å². The summed E-state index contributed by atoms with van der Waals surface area (Å²) in [6.07, 6.45) is 1.79. The lowest BCUT2D eigenvalue weighted by atomic mass is 10.3. The fourth-order valence-corrected chi connectivity index (χ4v) is 1.34. The largest absolute Gasteiger partial charge is 0.480 e. The maximum atomic E-state index is 5.34. The van der Waals surface area contributed by atoms with Crippen molar-refractivity contribution in [3.05, 3.63) is 10.9 Å². The Balaban J connectivity index is 2.46. The molecule has 0 saturated carbocycles. The number of aromatic nitrogens is 1. The molecule has 1 rings (SSSR count). The minimum Gasteiger partial charge on any atom is -0.480 e. The first-order valence-corrected chi connectivity index (χ1v) is 4.84. The molecule has 0 atom stereocenters. The number of methoxy groups -OCH3 is 1. The number of rotatable bonds is 3. The first-order valence-electron chi connectivity index (χ1n) is 4.06. The molecule has 0 spiro atoms. The molecule has 0 fully saturated rings. The van der Waals surface area contributed by atoms with Gasteiger partial charge in [-0.25, -0.2) is 0 Å². The van der Waals surface area contributed by atoms with Crippen LogP contribution in [0.15, 0.2) is 6.07 Å². The topological polar surface area (TPSA) is 48.1 Å². The Bertz CT molecular complexity index is 311. The molecule has 0 aliphatic carbocycles. The maximum Gasteiger partial charge on any atom is 0.226 e. The molecule has 0 radical (unpaired) electrons. The minimum absolute atomic E-state index is 0.633. The Morgan fingerprint density at radius 2 is 2.54 bits per heavy atom. The molecule has 0 amide bonds. The first kappa shape index (κ1) is 10.0. The van der Waals surface area contributed by atoms with E-state index in [1.807, 2.05) is 6.07 Å². The second-order valence-corrected chi connectivity index (χ2v) is 3.23. The van der Waals surface area contributed by atoms with Crippen LogP contribution in [0.3, 0.4) is 0 Å². The SMILES string of the molecule is COc1cc(C#CCCCN)sn1. The lowest BCUT2D eigenvalue weighted by Crippen LogP contribution is -1.96. The van der Waals surface area contributed by atoms with Crippen molar-refractivity contribution in [3.63, 3.8) is 0 Å². The second kappa shape index (κ2) is 5.57. The van der Waals surface area contributed by atoms with E-state index in [1.54, 1.807) is 7.11 Å². The molecule has 1 aromatic rings. The van der Waals surface area contributed by atoms with Crippen LogP contribution >= 0.6 is 11.5 Å². The van der Waals surface area contributed by atoms with Gasteiger partial charge in [0.25, 0.3) is 0 Å². The Kier molecular flexibility index (Phi) is 4.30. The van der Waals surface area contributed by atoms with Crippen molar-refractivity contribution in [1.29, 1.82) is 0 Å². The van der Waals surface area contributed by atoms with Crippen molar-refractivity contribution in [2.75, 3.05) is 13.7 Å². The predicted octanol–water partition coefficient (Wildman–Crippen LogP) is 1.24. The fraction of sp³-hybridized carbons (Fsp3) is 0.444. The van der Waals surface area contributed by atoms with Crippen molar-refractivity contribution >= 4 is 11.5 Å². The summed E-state index contributed by atoms with van der Waals surface area (Å²) in [6, 6.07) is 1.83. The zero-order chi connectivity index (χ0) is 9.52. The Morgan fingerprint density at radius 1 is 1.69 bits per heavy atom. The van der Waals surface area contributed by atoms with E-state index >= 15 is 0 Å². The zero-order valence-corrected chi connectivity index (χ0v) is 8.36. The third kappa shape index (κ3) is 3.45. The summed E-state index contributed by atoms with van der Waals surface area (Å²) in [6.45, 7) is 0.695. The summed E-state index contributed by atoms with van der Waals surface area (Å²) in [5.41, 5.74) is 5.34. The molecule has 0 bridgehead atoms. The Labute approximate surface area is 82.1 Å². The number of hydrogen-bond donors (Lipinski definition) is 1. The van der Waals surface area contributed by atoms with Gasteiger partial charge in [-0.3, -0.25) is 0 Å². The predicted molar refractivity (Wildman–Crippen MR) is 53.8 cm³/mol. The molecule has 0 aliphatic heterocycles. The number of ether oxygens (including phenoxy) is 1. The van der Waals surface area contributed by atoms with Crippen LogP contribution < -0.4 is 10.5 Å². The van der Waals surface area contributed by atoms with Crippen molar-refractivity contribution in [2.24, 2.45) is 5.73 Å². The van der Waals surface area contributed by atoms with Crippen LogP contribution in [0, 0.1) is 11.8 Å². The monoisotopic (exact) mass is 196 g/mol. The van der Waals surface area contributed by atoms with E-state index in [4.69, 9.17) is 10.5 Å². The fourth-order valence-electron chi connectivity index (χ4n) is 0.754. The van der Waals surface area contributed by atoms with E-state index in [0.29, 0.717) is 12.4 Å². The smallest absolute Gasteiger partial charge is 0.226 e. The molecule has 2 N–H and O–H groups in total. The molecule has 0 unspecified atom stereocenters. The van der Waals surface area contributed by atoms with Gasteiger partial charge in [0.2, 0.25) is 5.88 Å². The Morgan fingerprint density at radius 3 is 3.15 bits per heavy atom. The molecule has 13 heavy (non-hydrogen) atoms. The summed E-state index contributed by atoms with van der Waals surface area (Å²) in [5, 5.41) is 0. The van der Waals surface area contributed by atoms with Crippen LogP contribution in [0.25, 0.3) is 0 Å². The average Bonchev–Trinajstić information content (AvgIpc) is 2.60. The molecule has 0 aliphatic rings. The minimum atomic E-state index is 0.633. The lowest BCUT2D eigenvalue weighted by molar-refractivity contribution is 0.402. The lowest BCUT2D eigenvalue weighted by Gasteiger charge is -1.85. The van der Waals surface area contributed by atoms with Crippen LogP contribution in [0.5, 0.6) is 5.88 Å². The standard InChI is InChI=1S/C9H12N2OS/c1-12-9-7-8(13-11-9)5-3-2-4-6-10/h7H,2,4,6,10H2,1H3. The van der Waals surface area contributed by atoms with Crippen LogP contribution in [0.4, 0.5) is 0 Å². The zero-order valence-electron chi connectivity index (χ0n) is 7.54. The van der Waals surface area contributed by atoms with Gasteiger partial charge in [0.15, 0.2) is 0 Å². The summed E-state index contributed by atoms with van der Waals surface area (Å²) in [7, 11) is 1.60. The van der Waals surface area contributed by atoms with Gasteiger partial charge in [0, 0.05) is 12.5 Å². The van der Waals surface area contributed by atoms with Gasteiger partial charge in [-0.1, -0.05) is 11.8 Å². The van der Waals surface area contributed by atoms with Crippen molar-refractivity contribution in [2.45, 2.75) is 12.8 Å². The van der Waals surface area contributed by atoms with E-state index in [9.17, 15) is 0 Å². The van der Waals surface area contributed by atoms with Gasteiger partial charge < -0.3 is 10.5 Å². The van der Waals surface area contributed by atoms with Gasteiger partial charge in [0.1, 0.15) is 4.88 Å². The highest BCUT2D eigenvalue weighted by Crippen LogP contribution is 2.14. The summed E-state index contributed by atoms with van der Waals surface area (Å²) >= 11 is 1.35. The molecule has 0 aromatic carbocycles. The third-order valence-corrected chi connectivity index (χ3v) is 2.10. The summed E-state index contributed by atoms with van der Waals surface area (Å²) < 4.78 is 8.96. The second-order valence-electron chi connectivity index (χ2n) is 2.43. The summed E-state index contributed by atoms with van der Waals surface area (Å²) in [4.78, 5) is 0.939. The molecule has 4 heteroatoms. The van der Waals surface area contributed by atoms with E-state index in [2.05, 4.69) is 16.2 Å². The molecule has 0 saturated heterocycles. The van der Waals surface area contributed by atoms with Gasteiger partial charge >= 0.3 is 0 Å². The first-order chi connectivity index (χ1) is 6.36. The highest BCUT2D eigenvalue weighted by Gasteiger charge is 1.96. The van der Waals surface area contributed by atoms with E-state index in [0.717, 1.165) is 17.7 Å². The number of nitrogens with two attached hydrogens (primary N) is 1. The average molecular weight is 196 g/mol. The number of unbranched alkanes of at least 4 members (excludes halogenated alkanes) is 1. The molecular formula is C9H12N2OS.